The highest BCUT2D eigenvalue weighted by Gasteiger charge is 2.53. The number of hydrogen-bond acceptors (Lipinski definition) is 2. The summed E-state index contributed by atoms with van der Waals surface area (Å²) in [5, 5.41) is 10.7. The van der Waals surface area contributed by atoms with Crippen molar-refractivity contribution in [1.82, 2.24) is 0 Å². The molecule has 1 unspecified atom stereocenters. The van der Waals surface area contributed by atoms with Crippen LogP contribution in [0.5, 0.6) is 0 Å². The SMILES string of the molecule is NCC1(C2(O)CCC2)CCc2ccccc2C1. The van der Waals surface area contributed by atoms with Crippen LogP contribution in [0, 0.1) is 5.41 Å². The lowest BCUT2D eigenvalue weighted by molar-refractivity contribution is -0.142. The van der Waals surface area contributed by atoms with Crippen molar-refractivity contribution in [3.05, 3.63) is 35.4 Å². The van der Waals surface area contributed by atoms with Crippen LogP contribution in [0.3, 0.4) is 0 Å². The molecular weight excluding hydrogens is 210 g/mol. The van der Waals surface area contributed by atoms with Crippen LogP contribution in [0.25, 0.3) is 0 Å². The van der Waals surface area contributed by atoms with Crippen molar-refractivity contribution in [3.8, 4) is 0 Å². The van der Waals surface area contributed by atoms with Crippen molar-refractivity contribution < 1.29 is 5.11 Å². The van der Waals surface area contributed by atoms with Gasteiger partial charge in [-0.2, -0.15) is 0 Å². The minimum atomic E-state index is -0.491. The molecule has 2 aliphatic rings. The summed E-state index contributed by atoms with van der Waals surface area (Å²) in [7, 11) is 0. The Hall–Kier alpha value is -0.860. The van der Waals surface area contributed by atoms with E-state index in [1.165, 1.54) is 11.1 Å². The third-order valence-corrected chi connectivity index (χ3v) is 5.08. The molecule has 2 nitrogen and oxygen atoms in total. The largest absolute Gasteiger partial charge is 0.389 e. The van der Waals surface area contributed by atoms with Gasteiger partial charge < -0.3 is 10.8 Å². The first-order valence-electron chi connectivity index (χ1n) is 6.68. The van der Waals surface area contributed by atoms with Gasteiger partial charge in [-0.25, -0.2) is 0 Å². The third kappa shape index (κ3) is 1.54. The predicted molar refractivity (Wildman–Crippen MR) is 68.8 cm³/mol. The highest BCUT2D eigenvalue weighted by Crippen LogP contribution is 2.52. The zero-order valence-corrected chi connectivity index (χ0v) is 10.3. The fourth-order valence-electron chi connectivity index (χ4n) is 3.60. The van der Waals surface area contributed by atoms with Gasteiger partial charge >= 0.3 is 0 Å². The van der Waals surface area contributed by atoms with Crippen molar-refractivity contribution in [1.29, 1.82) is 0 Å². The van der Waals surface area contributed by atoms with Crippen molar-refractivity contribution in [2.24, 2.45) is 11.1 Å². The Balaban J connectivity index is 1.95. The van der Waals surface area contributed by atoms with E-state index in [-0.39, 0.29) is 5.41 Å². The quantitative estimate of drug-likeness (QED) is 0.818. The zero-order chi connectivity index (χ0) is 11.9. The topological polar surface area (TPSA) is 46.2 Å². The molecule has 0 amide bonds. The monoisotopic (exact) mass is 231 g/mol. The Labute approximate surface area is 103 Å². The van der Waals surface area contributed by atoms with E-state index in [9.17, 15) is 5.11 Å². The van der Waals surface area contributed by atoms with E-state index >= 15 is 0 Å². The molecule has 0 heterocycles. The summed E-state index contributed by atoms with van der Waals surface area (Å²) in [5.41, 5.74) is 8.31. The summed E-state index contributed by atoms with van der Waals surface area (Å²) in [6.07, 6.45) is 6.08. The molecule has 3 rings (SSSR count). The molecule has 1 aromatic rings. The van der Waals surface area contributed by atoms with E-state index in [1.54, 1.807) is 0 Å². The maximum absolute atomic E-state index is 10.7. The maximum Gasteiger partial charge on any atom is 0.0719 e. The van der Waals surface area contributed by atoms with Gasteiger partial charge in [0.1, 0.15) is 0 Å². The van der Waals surface area contributed by atoms with Crippen LogP contribution in [-0.4, -0.2) is 17.3 Å². The normalized spacial score (nSPS) is 30.5. The van der Waals surface area contributed by atoms with Gasteiger partial charge in [0, 0.05) is 12.0 Å². The molecule has 0 saturated heterocycles. The molecule has 92 valence electrons. The molecule has 0 aromatic heterocycles. The summed E-state index contributed by atoms with van der Waals surface area (Å²) in [4.78, 5) is 0. The third-order valence-electron chi connectivity index (χ3n) is 5.08. The van der Waals surface area contributed by atoms with Crippen LogP contribution < -0.4 is 5.73 Å². The fraction of sp³-hybridized carbons (Fsp3) is 0.600. The molecule has 0 radical (unpaired) electrons. The van der Waals surface area contributed by atoms with Gasteiger partial charge in [0.2, 0.25) is 0 Å². The van der Waals surface area contributed by atoms with Crippen LogP contribution in [0.4, 0.5) is 0 Å². The number of aryl methyl sites for hydroxylation is 1. The molecule has 2 aliphatic carbocycles. The average molecular weight is 231 g/mol. The number of hydrogen-bond donors (Lipinski definition) is 2. The summed E-state index contributed by atoms with van der Waals surface area (Å²) < 4.78 is 0. The van der Waals surface area contributed by atoms with Crippen LogP contribution >= 0.6 is 0 Å². The molecule has 1 atom stereocenters. The Morgan fingerprint density at radius 3 is 2.41 bits per heavy atom. The lowest BCUT2D eigenvalue weighted by atomic mass is 9.55. The Morgan fingerprint density at radius 1 is 1.12 bits per heavy atom. The van der Waals surface area contributed by atoms with Gasteiger partial charge in [0.25, 0.3) is 0 Å². The number of rotatable bonds is 2. The van der Waals surface area contributed by atoms with Crippen LogP contribution in [-0.2, 0) is 12.8 Å². The van der Waals surface area contributed by atoms with E-state index in [0.717, 1.165) is 38.5 Å². The first-order valence-corrected chi connectivity index (χ1v) is 6.68. The molecule has 0 spiro atoms. The second-order valence-electron chi connectivity index (χ2n) is 5.82. The molecule has 3 N–H and O–H groups in total. The molecular formula is C15H21NO. The zero-order valence-electron chi connectivity index (χ0n) is 10.3. The molecule has 1 aromatic carbocycles. The van der Waals surface area contributed by atoms with Gasteiger partial charge in [0.05, 0.1) is 5.60 Å². The lowest BCUT2D eigenvalue weighted by Gasteiger charge is -2.54. The molecule has 2 heteroatoms. The molecule has 0 aliphatic heterocycles. The van der Waals surface area contributed by atoms with Crippen molar-refractivity contribution in [2.45, 2.75) is 44.1 Å². The summed E-state index contributed by atoms with van der Waals surface area (Å²) >= 11 is 0. The Bertz CT molecular complexity index is 425. The van der Waals surface area contributed by atoms with Crippen molar-refractivity contribution in [3.63, 3.8) is 0 Å². The predicted octanol–water partition coefficient (Wildman–Crippen LogP) is 2.04. The smallest absolute Gasteiger partial charge is 0.0719 e. The average Bonchev–Trinajstić information content (AvgIpc) is 2.35. The van der Waals surface area contributed by atoms with Crippen molar-refractivity contribution >= 4 is 0 Å². The first-order chi connectivity index (χ1) is 8.19. The van der Waals surface area contributed by atoms with Gasteiger partial charge in [-0.1, -0.05) is 24.3 Å². The van der Waals surface area contributed by atoms with E-state index < -0.39 is 5.60 Å². The summed E-state index contributed by atoms with van der Waals surface area (Å²) in [6, 6.07) is 8.60. The standard InChI is InChI=1S/C15H21NO/c16-11-14(15(17)7-3-8-15)9-6-12-4-1-2-5-13(12)10-14/h1-2,4-5,17H,3,6-11,16H2. The van der Waals surface area contributed by atoms with Gasteiger partial charge in [-0.05, 0) is 49.7 Å². The Kier molecular flexibility index (Phi) is 2.53. The number of fused-ring (bicyclic) bond motifs is 1. The second kappa shape index (κ2) is 3.82. The van der Waals surface area contributed by atoms with E-state index in [4.69, 9.17) is 5.73 Å². The highest BCUT2D eigenvalue weighted by atomic mass is 16.3. The fourth-order valence-corrected chi connectivity index (χ4v) is 3.60. The number of aliphatic hydroxyl groups is 1. The second-order valence-corrected chi connectivity index (χ2v) is 5.82. The van der Waals surface area contributed by atoms with Crippen LogP contribution in [0.2, 0.25) is 0 Å². The van der Waals surface area contributed by atoms with Gasteiger partial charge in [-0.15, -0.1) is 0 Å². The van der Waals surface area contributed by atoms with Crippen LogP contribution in [0.1, 0.15) is 36.8 Å². The summed E-state index contributed by atoms with van der Waals surface area (Å²) in [5.74, 6) is 0. The lowest BCUT2D eigenvalue weighted by Crippen LogP contribution is -2.59. The molecule has 0 bridgehead atoms. The minimum Gasteiger partial charge on any atom is -0.389 e. The van der Waals surface area contributed by atoms with Gasteiger partial charge in [0.15, 0.2) is 0 Å². The summed E-state index contributed by atoms with van der Waals surface area (Å²) in [6.45, 7) is 0.609. The number of nitrogens with two attached hydrogens (primary N) is 1. The Morgan fingerprint density at radius 2 is 1.82 bits per heavy atom. The van der Waals surface area contributed by atoms with E-state index in [1.807, 2.05) is 0 Å². The van der Waals surface area contributed by atoms with E-state index in [2.05, 4.69) is 24.3 Å². The maximum atomic E-state index is 10.7. The van der Waals surface area contributed by atoms with E-state index in [0.29, 0.717) is 6.54 Å². The number of benzene rings is 1. The van der Waals surface area contributed by atoms with Crippen LogP contribution in [0.15, 0.2) is 24.3 Å². The minimum absolute atomic E-state index is 0.0698. The molecule has 17 heavy (non-hydrogen) atoms. The van der Waals surface area contributed by atoms with Crippen molar-refractivity contribution in [2.75, 3.05) is 6.54 Å². The van der Waals surface area contributed by atoms with Gasteiger partial charge in [-0.3, -0.25) is 0 Å². The molecule has 1 fully saturated rings. The highest BCUT2D eigenvalue weighted by molar-refractivity contribution is 5.32. The first kappa shape index (κ1) is 11.2. The molecule has 1 saturated carbocycles.